The molecule has 5 nitrogen and oxygen atoms in total. The van der Waals surface area contributed by atoms with Gasteiger partial charge in [0.2, 0.25) is 5.91 Å². The molecule has 3 rings (SSSR count). The van der Waals surface area contributed by atoms with E-state index in [4.69, 9.17) is 5.73 Å². The molecule has 120 valence electrons. The van der Waals surface area contributed by atoms with E-state index in [-0.39, 0.29) is 17.6 Å². The van der Waals surface area contributed by atoms with Gasteiger partial charge in [0, 0.05) is 28.9 Å². The summed E-state index contributed by atoms with van der Waals surface area (Å²) in [5.41, 5.74) is 8.51. The van der Waals surface area contributed by atoms with Crippen LogP contribution in [0.4, 0.5) is 0 Å². The van der Waals surface area contributed by atoms with Gasteiger partial charge in [-0.25, -0.2) is 0 Å². The molecule has 22 heavy (non-hydrogen) atoms. The molecule has 2 aliphatic rings. The van der Waals surface area contributed by atoms with Crippen molar-refractivity contribution in [3.63, 3.8) is 0 Å². The fraction of sp³-hybridized carbons (Fsp3) is 0.647. The van der Waals surface area contributed by atoms with Crippen molar-refractivity contribution in [2.75, 3.05) is 19.6 Å². The normalized spacial score (nSPS) is 20.3. The van der Waals surface area contributed by atoms with Crippen molar-refractivity contribution in [1.82, 2.24) is 9.47 Å². The zero-order chi connectivity index (χ0) is 15.9. The van der Waals surface area contributed by atoms with Gasteiger partial charge in [-0.05, 0) is 58.7 Å². The number of hydrogen-bond donors (Lipinski definition) is 1. The highest BCUT2D eigenvalue weighted by atomic mass is 16.1. The Balaban J connectivity index is 1.63. The lowest BCUT2D eigenvalue weighted by Crippen LogP contribution is -2.40. The lowest BCUT2D eigenvalue weighted by atomic mass is 9.96. The third-order valence-corrected chi connectivity index (χ3v) is 5.05. The van der Waals surface area contributed by atoms with Crippen LogP contribution in [-0.2, 0) is 4.79 Å². The molecule has 0 bridgehead atoms. The van der Waals surface area contributed by atoms with Crippen molar-refractivity contribution in [3.8, 4) is 0 Å². The summed E-state index contributed by atoms with van der Waals surface area (Å²) in [6.45, 7) is 6.14. The molecule has 0 aromatic carbocycles. The molecule has 0 radical (unpaired) electrons. The number of ketones is 1. The smallest absolute Gasteiger partial charge is 0.220 e. The minimum atomic E-state index is -0.209. The predicted molar refractivity (Wildman–Crippen MR) is 84.9 cm³/mol. The number of nitrogens with zero attached hydrogens (tertiary/aromatic N) is 2. The Bertz CT molecular complexity index is 593. The van der Waals surface area contributed by atoms with Gasteiger partial charge in [0.1, 0.15) is 0 Å². The van der Waals surface area contributed by atoms with E-state index in [0.29, 0.717) is 12.6 Å². The van der Waals surface area contributed by atoms with Crippen molar-refractivity contribution in [3.05, 3.63) is 23.0 Å². The van der Waals surface area contributed by atoms with Gasteiger partial charge >= 0.3 is 0 Å². The molecule has 0 unspecified atom stereocenters. The topological polar surface area (TPSA) is 68.3 Å². The largest absolute Gasteiger partial charge is 0.369 e. The summed E-state index contributed by atoms with van der Waals surface area (Å²) in [5, 5.41) is 0. The van der Waals surface area contributed by atoms with E-state index >= 15 is 0 Å². The number of carbonyl (C=O) groups is 2. The summed E-state index contributed by atoms with van der Waals surface area (Å²) in [6.07, 6.45) is 3.99. The molecule has 0 spiro atoms. The second-order valence-electron chi connectivity index (χ2n) is 6.76. The highest BCUT2D eigenvalue weighted by Crippen LogP contribution is 2.38. The summed E-state index contributed by atoms with van der Waals surface area (Å²) < 4.78 is 2.31. The molecule has 1 saturated carbocycles. The molecule has 1 amide bonds. The van der Waals surface area contributed by atoms with Crippen molar-refractivity contribution in [2.24, 2.45) is 11.7 Å². The van der Waals surface area contributed by atoms with Crippen molar-refractivity contribution < 1.29 is 9.59 Å². The van der Waals surface area contributed by atoms with Gasteiger partial charge in [-0.1, -0.05) is 0 Å². The first-order valence-corrected chi connectivity index (χ1v) is 8.20. The van der Waals surface area contributed by atoms with E-state index in [2.05, 4.69) is 23.3 Å². The van der Waals surface area contributed by atoms with E-state index < -0.39 is 0 Å². The Labute approximate surface area is 131 Å². The summed E-state index contributed by atoms with van der Waals surface area (Å²) in [6, 6.07) is 2.64. The molecule has 5 heteroatoms. The van der Waals surface area contributed by atoms with Gasteiger partial charge in [0.15, 0.2) is 5.78 Å². The number of piperidine rings is 1. The first kappa shape index (κ1) is 15.3. The number of likely N-dealkylation sites (tertiary alicyclic amines) is 1. The van der Waals surface area contributed by atoms with Gasteiger partial charge in [-0.2, -0.15) is 0 Å². The second kappa shape index (κ2) is 5.88. The van der Waals surface area contributed by atoms with Crippen LogP contribution in [-0.4, -0.2) is 40.8 Å². The lowest BCUT2D eigenvalue weighted by molar-refractivity contribution is -0.123. The average Bonchev–Trinajstić information content (AvgIpc) is 3.25. The van der Waals surface area contributed by atoms with E-state index in [1.165, 1.54) is 18.5 Å². The Morgan fingerprint density at radius 1 is 1.18 bits per heavy atom. The molecule has 0 atom stereocenters. The van der Waals surface area contributed by atoms with Crippen LogP contribution in [0.3, 0.4) is 0 Å². The van der Waals surface area contributed by atoms with Crippen LogP contribution < -0.4 is 5.73 Å². The first-order valence-electron chi connectivity index (χ1n) is 8.20. The van der Waals surface area contributed by atoms with Crippen LogP contribution in [0.5, 0.6) is 0 Å². The van der Waals surface area contributed by atoms with Gasteiger partial charge < -0.3 is 10.3 Å². The van der Waals surface area contributed by atoms with Gasteiger partial charge in [-0.15, -0.1) is 0 Å². The van der Waals surface area contributed by atoms with Crippen molar-refractivity contribution in [2.45, 2.75) is 45.6 Å². The molecule has 1 aliphatic carbocycles. The molecule has 2 heterocycles. The van der Waals surface area contributed by atoms with Crippen LogP contribution in [0.2, 0.25) is 0 Å². The van der Waals surface area contributed by atoms with Gasteiger partial charge in [0.05, 0.1) is 6.54 Å². The minimum Gasteiger partial charge on any atom is -0.369 e. The number of aromatic nitrogens is 1. The monoisotopic (exact) mass is 303 g/mol. The Hall–Kier alpha value is -1.62. The van der Waals surface area contributed by atoms with E-state index in [9.17, 15) is 9.59 Å². The molecule has 2 N–H and O–H groups in total. The fourth-order valence-corrected chi connectivity index (χ4v) is 3.62. The third kappa shape index (κ3) is 2.95. The van der Waals surface area contributed by atoms with Gasteiger partial charge in [-0.3, -0.25) is 14.5 Å². The summed E-state index contributed by atoms with van der Waals surface area (Å²) in [7, 11) is 0. The van der Waals surface area contributed by atoms with Crippen molar-refractivity contribution >= 4 is 11.7 Å². The molecule has 1 aliphatic heterocycles. The number of hydrogen-bond acceptors (Lipinski definition) is 3. The summed E-state index contributed by atoms with van der Waals surface area (Å²) in [4.78, 5) is 25.9. The number of aryl methyl sites for hydroxylation is 1. The molecular weight excluding hydrogens is 278 g/mol. The van der Waals surface area contributed by atoms with Gasteiger partial charge in [0.25, 0.3) is 0 Å². The number of amides is 1. The minimum absolute atomic E-state index is 0.0220. The summed E-state index contributed by atoms with van der Waals surface area (Å²) >= 11 is 0. The van der Waals surface area contributed by atoms with E-state index in [1.807, 2.05) is 6.07 Å². The highest BCUT2D eigenvalue weighted by Gasteiger charge is 2.29. The Kier molecular flexibility index (Phi) is 4.08. The number of carbonyl (C=O) groups excluding carboxylic acids is 2. The van der Waals surface area contributed by atoms with Crippen LogP contribution in [0, 0.1) is 19.8 Å². The summed E-state index contributed by atoms with van der Waals surface area (Å²) in [5.74, 6) is -0.0391. The van der Waals surface area contributed by atoms with E-state index in [1.54, 1.807) is 0 Å². The zero-order valence-electron chi connectivity index (χ0n) is 13.5. The zero-order valence-corrected chi connectivity index (χ0v) is 13.5. The Morgan fingerprint density at radius 2 is 1.82 bits per heavy atom. The van der Waals surface area contributed by atoms with Crippen molar-refractivity contribution in [1.29, 1.82) is 0 Å². The first-order chi connectivity index (χ1) is 10.5. The molecule has 1 aromatic rings. The number of primary amides is 1. The number of rotatable bonds is 5. The fourth-order valence-electron chi connectivity index (χ4n) is 3.62. The third-order valence-electron chi connectivity index (χ3n) is 5.05. The Morgan fingerprint density at radius 3 is 2.36 bits per heavy atom. The van der Waals surface area contributed by atoms with Crippen LogP contribution in [0.15, 0.2) is 6.07 Å². The lowest BCUT2D eigenvalue weighted by Gasteiger charge is -2.29. The standard InChI is InChI=1S/C17H25N3O2/c1-11-9-15(12(2)20(11)14-3-4-14)16(21)10-19-7-5-13(6-8-19)17(18)22/h9,13-14H,3-8,10H2,1-2H3,(H2,18,22). The molecule has 1 aromatic heterocycles. The molecule has 1 saturated heterocycles. The molecular formula is C17H25N3O2. The van der Waals surface area contributed by atoms with Crippen LogP contribution >= 0.6 is 0 Å². The van der Waals surface area contributed by atoms with E-state index in [0.717, 1.165) is 37.2 Å². The van der Waals surface area contributed by atoms with Crippen LogP contribution in [0.25, 0.3) is 0 Å². The average molecular weight is 303 g/mol. The maximum Gasteiger partial charge on any atom is 0.220 e. The second-order valence-corrected chi connectivity index (χ2v) is 6.76. The SMILES string of the molecule is Cc1cc(C(=O)CN2CCC(C(N)=O)CC2)c(C)n1C1CC1. The maximum atomic E-state index is 12.6. The molecule has 2 fully saturated rings. The number of nitrogens with two attached hydrogens (primary N) is 1. The van der Waals surface area contributed by atoms with Crippen LogP contribution in [0.1, 0.15) is 53.5 Å². The predicted octanol–water partition coefficient (Wildman–Crippen LogP) is 1.82. The quantitative estimate of drug-likeness (QED) is 0.844. The number of Topliss-reactive ketones (excluding diaryl/α,β-unsaturated/α-hetero) is 1. The highest BCUT2D eigenvalue weighted by molar-refractivity contribution is 5.99. The maximum absolute atomic E-state index is 12.6.